The molecule has 1 heteroatoms. The first-order chi connectivity index (χ1) is 5.68. The van der Waals surface area contributed by atoms with Crippen molar-refractivity contribution in [3.63, 3.8) is 0 Å². The molecule has 0 heterocycles. The summed E-state index contributed by atoms with van der Waals surface area (Å²) in [5.74, 6) is 0.793. The number of hydrogen-bond donors (Lipinski definition) is 1. The molecule has 1 N–H and O–H groups in total. The van der Waals surface area contributed by atoms with E-state index in [0.717, 1.165) is 5.56 Å². The van der Waals surface area contributed by atoms with Gasteiger partial charge in [-0.25, -0.2) is 0 Å². The molecule has 1 aromatic rings. The molecule has 1 nitrogen and oxygen atoms in total. The van der Waals surface area contributed by atoms with E-state index in [1.807, 2.05) is 19.1 Å². The van der Waals surface area contributed by atoms with Gasteiger partial charge in [0.25, 0.3) is 0 Å². The molecule has 1 atom stereocenters. The summed E-state index contributed by atoms with van der Waals surface area (Å²) >= 11 is 0. The van der Waals surface area contributed by atoms with Crippen LogP contribution in [0.15, 0.2) is 24.3 Å². The van der Waals surface area contributed by atoms with Crippen molar-refractivity contribution in [2.24, 2.45) is 0 Å². The van der Waals surface area contributed by atoms with Crippen molar-refractivity contribution < 1.29 is 5.11 Å². The van der Waals surface area contributed by atoms with Crippen LogP contribution in [0.25, 0.3) is 5.76 Å². The van der Waals surface area contributed by atoms with E-state index in [-0.39, 0.29) is 0 Å². The Morgan fingerprint density at radius 2 is 2.08 bits per heavy atom. The number of aliphatic hydroxyl groups excluding tert-OH is 1. The highest BCUT2D eigenvalue weighted by molar-refractivity contribution is 5.69. The molecule has 0 amide bonds. The smallest absolute Gasteiger partial charge is 0.119 e. The highest BCUT2D eigenvalue weighted by atomic mass is 16.3. The van der Waals surface area contributed by atoms with E-state index in [1.54, 1.807) is 0 Å². The molecule has 1 aliphatic rings. The van der Waals surface area contributed by atoms with E-state index >= 15 is 0 Å². The van der Waals surface area contributed by atoms with Crippen LogP contribution in [0.4, 0.5) is 0 Å². The van der Waals surface area contributed by atoms with Crippen LogP contribution in [0.5, 0.6) is 0 Å². The fourth-order valence-corrected chi connectivity index (χ4v) is 1.71. The molecular weight excluding hydrogens is 148 g/mol. The first-order valence-electron chi connectivity index (χ1n) is 4.20. The molecule has 62 valence electrons. The summed E-state index contributed by atoms with van der Waals surface area (Å²) in [4.78, 5) is 0. The fraction of sp³-hybridized carbons (Fsp3) is 0.273. The quantitative estimate of drug-likeness (QED) is 0.618. The number of fused-ring (bicyclic) bond motifs is 1. The number of hydrogen-bond acceptors (Lipinski definition) is 1. The van der Waals surface area contributed by atoms with Crippen molar-refractivity contribution in [2.45, 2.75) is 19.8 Å². The average molecular weight is 160 g/mol. The van der Waals surface area contributed by atoms with Gasteiger partial charge in [-0.1, -0.05) is 24.6 Å². The number of benzene rings is 1. The predicted octanol–water partition coefficient (Wildman–Crippen LogP) is 3.01. The molecule has 0 fully saturated rings. The van der Waals surface area contributed by atoms with Gasteiger partial charge in [0, 0.05) is 11.5 Å². The molecule has 0 saturated carbocycles. The van der Waals surface area contributed by atoms with Crippen LogP contribution in [-0.4, -0.2) is 5.11 Å². The van der Waals surface area contributed by atoms with Gasteiger partial charge in [0.1, 0.15) is 5.76 Å². The van der Waals surface area contributed by atoms with Crippen LogP contribution < -0.4 is 0 Å². The van der Waals surface area contributed by atoms with Gasteiger partial charge in [-0.2, -0.15) is 0 Å². The van der Waals surface area contributed by atoms with Crippen LogP contribution in [-0.2, 0) is 0 Å². The minimum atomic E-state index is 0.362. The summed E-state index contributed by atoms with van der Waals surface area (Å²) in [6.45, 7) is 4.13. The molecule has 2 rings (SSSR count). The zero-order valence-corrected chi connectivity index (χ0v) is 7.33. The molecule has 1 aliphatic carbocycles. The molecule has 1 aromatic carbocycles. The minimum Gasteiger partial charge on any atom is -0.508 e. The lowest BCUT2D eigenvalue weighted by Gasteiger charge is -2.04. The summed E-state index contributed by atoms with van der Waals surface area (Å²) in [7, 11) is 0. The predicted molar refractivity (Wildman–Crippen MR) is 50.2 cm³/mol. The van der Waals surface area contributed by atoms with Crippen LogP contribution in [0.2, 0.25) is 0 Å². The third kappa shape index (κ3) is 0.934. The monoisotopic (exact) mass is 160 g/mol. The Balaban J connectivity index is 2.61. The lowest BCUT2D eigenvalue weighted by Crippen LogP contribution is -1.88. The first kappa shape index (κ1) is 7.41. The maximum atomic E-state index is 9.54. The topological polar surface area (TPSA) is 20.2 Å². The van der Waals surface area contributed by atoms with Gasteiger partial charge in [0.05, 0.1) is 0 Å². The second-order valence-corrected chi connectivity index (χ2v) is 3.43. The summed E-state index contributed by atoms with van der Waals surface area (Å²) in [6, 6.07) is 6.21. The van der Waals surface area contributed by atoms with Gasteiger partial charge in [-0.15, -0.1) is 0 Å². The fourth-order valence-electron chi connectivity index (χ4n) is 1.71. The Morgan fingerprint density at radius 3 is 2.83 bits per heavy atom. The largest absolute Gasteiger partial charge is 0.508 e. The van der Waals surface area contributed by atoms with Crippen molar-refractivity contribution >= 4 is 5.76 Å². The molecule has 0 saturated heterocycles. The number of aliphatic hydroxyl groups is 1. The molecular formula is C11H12O. The van der Waals surface area contributed by atoms with Gasteiger partial charge in [0.15, 0.2) is 0 Å². The van der Waals surface area contributed by atoms with Crippen molar-refractivity contribution in [3.05, 3.63) is 41.0 Å². The Bertz CT molecular complexity index is 350. The maximum Gasteiger partial charge on any atom is 0.119 e. The summed E-state index contributed by atoms with van der Waals surface area (Å²) < 4.78 is 0. The molecule has 0 aliphatic heterocycles. The lowest BCUT2D eigenvalue weighted by molar-refractivity contribution is 0.512. The van der Waals surface area contributed by atoms with Gasteiger partial charge < -0.3 is 5.11 Å². The second-order valence-electron chi connectivity index (χ2n) is 3.43. The molecule has 0 aromatic heterocycles. The summed E-state index contributed by atoms with van der Waals surface area (Å²) in [6.07, 6.45) is 1.89. The van der Waals surface area contributed by atoms with Crippen LogP contribution in [0, 0.1) is 6.92 Å². The van der Waals surface area contributed by atoms with Crippen LogP contribution in [0.3, 0.4) is 0 Å². The van der Waals surface area contributed by atoms with Crippen molar-refractivity contribution in [1.82, 2.24) is 0 Å². The zero-order chi connectivity index (χ0) is 8.72. The van der Waals surface area contributed by atoms with E-state index in [4.69, 9.17) is 0 Å². The number of rotatable bonds is 0. The standard InChI is InChI=1S/C11H12O/c1-7-3-4-9-8(2)6-11(12)10(9)5-7/h3-6,8,12H,1-2H3/t8-/m0/s1. The van der Waals surface area contributed by atoms with Gasteiger partial charge in [0.2, 0.25) is 0 Å². The average Bonchev–Trinajstić information content (AvgIpc) is 2.28. The van der Waals surface area contributed by atoms with Crippen molar-refractivity contribution in [2.75, 3.05) is 0 Å². The third-order valence-corrected chi connectivity index (χ3v) is 2.38. The third-order valence-electron chi connectivity index (χ3n) is 2.38. The van der Waals surface area contributed by atoms with Crippen molar-refractivity contribution in [3.8, 4) is 0 Å². The molecule has 0 bridgehead atoms. The summed E-state index contributed by atoms with van der Waals surface area (Å²) in [5, 5.41) is 9.54. The van der Waals surface area contributed by atoms with E-state index < -0.39 is 0 Å². The van der Waals surface area contributed by atoms with Crippen molar-refractivity contribution in [1.29, 1.82) is 0 Å². The number of allylic oxidation sites excluding steroid dienone is 1. The molecule has 0 unspecified atom stereocenters. The minimum absolute atomic E-state index is 0.362. The highest BCUT2D eigenvalue weighted by Crippen LogP contribution is 2.34. The van der Waals surface area contributed by atoms with E-state index in [1.165, 1.54) is 11.1 Å². The second kappa shape index (κ2) is 2.37. The maximum absolute atomic E-state index is 9.54. The number of aryl methyl sites for hydroxylation is 1. The summed E-state index contributed by atoms with van der Waals surface area (Å²) in [5.41, 5.74) is 3.43. The Labute approximate surface area is 72.4 Å². The Kier molecular flexibility index (Phi) is 1.47. The molecule has 12 heavy (non-hydrogen) atoms. The van der Waals surface area contributed by atoms with Gasteiger partial charge >= 0.3 is 0 Å². The van der Waals surface area contributed by atoms with Gasteiger partial charge in [-0.3, -0.25) is 0 Å². The van der Waals surface area contributed by atoms with E-state index in [0.29, 0.717) is 11.7 Å². The molecule has 0 spiro atoms. The van der Waals surface area contributed by atoms with E-state index in [9.17, 15) is 5.11 Å². The van der Waals surface area contributed by atoms with E-state index in [2.05, 4.69) is 19.1 Å². The lowest BCUT2D eigenvalue weighted by atomic mass is 10.0. The highest BCUT2D eigenvalue weighted by Gasteiger charge is 2.18. The normalized spacial score (nSPS) is 20.5. The first-order valence-corrected chi connectivity index (χ1v) is 4.20. The Morgan fingerprint density at radius 1 is 1.33 bits per heavy atom. The van der Waals surface area contributed by atoms with Crippen LogP contribution in [0.1, 0.15) is 29.5 Å². The SMILES string of the molecule is Cc1ccc2c(c1)C(O)=C[C@@H]2C. The molecule has 0 radical (unpaired) electrons. The zero-order valence-electron chi connectivity index (χ0n) is 7.33. The van der Waals surface area contributed by atoms with Gasteiger partial charge in [-0.05, 0) is 24.6 Å². The Hall–Kier alpha value is -1.24. The van der Waals surface area contributed by atoms with Crippen LogP contribution >= 0.6 is 0 Å².